The molecule has 40 nitrogen and oxygen atoms in total. The second kappa shape index (κ2) is 47.9. The number of nitrogens with one attached hydrogen (secondary N) is 7. The molecule has 8 aromatic heterocycles. The van der Waals surface area contributed by atoms with Crippen LogP contribution >= 0.6 is 90.7 Å². The molecule has 0 saturated heterocycles. The Morgan fingerprint density at radius 1 is 0.302 bits per heavy atom. The fourth-order valence-electron chi connectivity index (χ4n) is 16.9. The highest BCUT2D eigenvalue weighted by molar-refractivity contribution is 7.17. The van der Waals surface area contributed by atoms with Crippen LogP contribution in [0.5, 0.6) is 0 Å². The summed E-state index contributed by atoms with van der Waals surface area (Å²) in [5, 5.41) is 120. The lowest BCUT2D eigenvalue weighted by Crippen LogP contribution is -2.14. The molecule has 7 amide bonds. The van der Waals surface area contributed by atoms with E-state index in [1.165, 1.54) is 128 Å². The molecule has 139 heavy (non-hydrogen) atoms. The molecule has 15 N–H and O–H groups in total. The molecule has 0 unspecified atom stereocenters. The number of carbonyl (C=O) groups is 7. The molecule has 0 radical (unpaired) electrons. The third-order valence-electron chi connectivity index (χ3n) is 23.2. The zero-order valence-corrected chi connectivity index (χ0v) is 81.7. The number of carbonyl (C=O) groups excluding carboxylic acids is 7. The van der Waals surface area contributed by atoms with Gasteiger partial charge >= 0.3 is 0 Å². The number of nitro benzene ring substituents is 2. The highest BCUT2D eigenvalue weighted by Gasteiger charge is 2.35. The van der Waals surface area contributed by atoms with Crippen LogP contribution in [0.3, 0.4) is 0 Å². The minimum absolute atomic E-state index is 0.0245. The average molecular weight is 2030 g/mol. The monoisotopic (exact) mass is 2030 g/mol. The summed E-state index contributed by atoms with van der Waals surface area (Å²) in [5.41, 5.74) is 30.3. The van der Waals surface area contributed by atoms with Crippen LogP contribution in [0.4, 0.5) is 69.5 Å². The highest BCUT2D eigenvalue weighted by Crippen LogP contribution is 2.48. The van der Waals surface area contributed by atoms with Crippen LogP contribution in [0, 0.1) is 27.2 Å². The SMILES string of the molecule is CC(=O)Nc1cccc(CC(=O)Nc2nnc([C@H]3CCC[C@H](c4nnc(NC(=O)Cc5cccc(C)c5)s4)C3)s2)c1.Nc1cccc(CC(=O)Nc2nnc([C@H]3CCC[C@H](c4nnc(NC(=O)Cc5cccc(N)c5)s4)C3)s2)c1.Nc1nnc([C@H]2CCC[C@H](c3nnc(N)s3)C2)s1.O=C(Cc1cccc([N+](=O)[O-])c1)Nc1nnc([C@H]2CCC[C@H](c3nnc(NC(=O)Cc4cccc([N+](=O)[O-])c4)s3)C2)s1. The first-order valence-corrected chi connectivity index (χ1v) is 51.2. The Bertz CT molecular complexity index is 6400. The van der Waals surface area contributed by atoms with E-state index in [0.717, 1.165) is 164 Å². The summed E-state index contributed by atoms with van der Waals surface area (Å²) >= 11 is 11.3. The smallest absolute Gasteiger partial charge is 0.269 e. The Morgan fingerprint density at radius 2 is 0.540 bits per heavy atom. The largest absolute Gasteiger partial charge is 0.399 e. The van der Waals surface area contributed by atoms with Gasteiger partial charge in [0.2, 0.25) is 82.4 Å². The lowest BCUT2D eigenvalue weighted by Gasteiger charge is -2.25. The summed E-state index contributed by atoms with van der Waals surface area (Å²) in [4.78, 5) is 107. The number of non-ortho nitro benzene ring substituents is 2. The van der Waals surface area contributed by atoms with Crippen molar-refractivity contribution >= 4 is 202 Å². The van der Waals surface area contributed by atoms with E-state index in [1.54, 1.807) is 66.7 Å². The molecule has 0 aliphatic heterocycles. The van der Waals surface area contributed by atoms with Gasteiger partial charge in [0, 0.05) is 95.6 Å². The van der Waals surface area contributed by atoms with Crippen LogP contribution in [-0.2, 0) is 72.1 Å². The lowest BCUT2D eigenvalue weighted by molar-refractivity contribution is -0.385. The number of hydrogen-bond donors (Lipinski definition) is 11. The number of anilines is 11. The fraction of sp³-hybridized carbons (Fsp3) is 0.352. The lowest BCUT2D eigenvalue weighted by atomic mass is 9.82. The van der Waals surface area contributed by atoms with Gasteiger partial charge in [-0.25, -0.2) is 0 Å². The second-order valence-electron chi connectivity index (χ2n) is 33.9. The molecule has 4 aliphatic carbocycles. The van der Waals surface area contributed by atoms with Gasteiger partial charge in [-0.1, -0.05) is 207 Å². The molecule has 720 valence electrons. The number of hydrogen-bond acceptors (Lipinski definition) is 39. The number of aromatic nitrogens is 16. The van der Waals surface area contributed by atoms with Crippen molar-refractivity contribution in [2.45, 2.75) is 202 Å². The molecule has 8 heterocycles. The third kappa shape index (κ3) is 29.6. The van der Waals surface area contributed by atoms with Crippen molar-refractivity contribution in [2.75, 3.05) is 60.2 Å². The van der Waals surface area contributed by atoms with Crippen molar-refractivity contribution in [3.05, 3.63) is 245 Å². The Labute approximate surface area is 827 Å². The molecule has 4 aliphatic rings. The predicted octanol–water partition coefficient (Wildman–Crippen LogP) is 16.8. The van der Waals surface area contributed by atoms with Gasteiger partial charge in [0.05, 0.1) is 48.4 Å². The third-order valence-corrected chi connectivity index (χ3v) is 31.0. The number of nitrogen functional groups attached to an aromatic ring is 4. The number of benzene rings is 6. The van der Waals surface area contributed by atoms with Crippen molar-refractivity contribution in [1.29, 1.82) is 0 Å². The van der Waals surface area contributed by atoms with E-state index in [2.05, 4.69) is 119 Å². The van der Waals surface area contributed by atoms with E-state index in [9.17, 15) is 53.8 Å². The molecular formula is C91H97N29O11S8. The molecule has 4 fully saturated rings. The van der Waals surface area contributed by atoms with Crippen LogP contribution in [-0.4, -0.2) is 133 Å². The molecule has 4 saturated carbocycles. The molecule has 18 rings (SSSR count). The van der Waals surface area contributed by atoms with E-state index >= 15 is 0 Å². The topological polar surface area (TPSA) is 600 Å². The molecular weight excluding hydrogens is 1930 g/mol. The Balaban J connectivity index is 0.000000145. The van der Waals surface area contributed by atoms with E-state index in [4.69, 9.17) is 22.9 Å². The summed E-state index contributed by atoms with van der Waals surface area (Å²) in [5.74, 6) is 0.606. The van der Waals surface area contributed by atoms with Gasteiger partial charge in [-0.15, -0.1) is 81.6 Å². The van der Waals surface area contributed by atoms with Crippen LogP contribution in [0.1, 0.15) is 236 Å². The van der Waals surface area contributed by atoms with Crippen LogP contribution < -0.4 is 60.2 Å². The van der Waals surface area contributed by atoms with Gasteiger partial charge in [0.15, 0.2) is 0 Å². The summed E-state index contributed by atoms with van der Waals surface area (Å²) < 4.78 is 0. The Hall–Kier alpha value is -13.9. The summed E-state index contributed by atoms with van der Waals surface area (Å²) in [7, 11) is 0. The van der Waals surface area contributed by atoms with E-state index in [0.29, 0.717) is 87.5 Å². The summed E-state index contributed by atoms with van der Waals surface area (Å²) in [6, 6.07) is 41.5. The fourth-order valence-corrected chi connectivity index (χ4v) is 23.9. The first-order valence-electron chi connectivity index (χ1n) is 44.7. The Morgan fingerprint density at radius 3 is 0.791 bits per heavy atom. The molecule has 0 spiro atoms. The zero-order valence-electron chi connectivity index (χ0n) is 75.1. The van der Waals surface area contributed by atoms with Gasteiger partial charge in [-0.3, -0.25) is 53.8 Å². The minimum atomic E-state index is -0.502. The molecule has 8 atom stereocenters. The summed E-state index contributed by atoms with van der Waals surface area (Å²) in [6.07, 6.45) is 16.7. The zero-order chi connectivity index (χ0) is 97.4. The van der Waals surface area contributed by atoms with Gasteiger partial charge < -0.3 is 60.2 Å². The van der Waals surface area contributed by atoms with Gasteiger partial charge in [0.1, 0.15) is 40.1 Å². The van der Waals surface area contributed by atoms with Crippen molar-refractivity contribution in [3.8, 4) is 0 Å². The first-order chi connectivity index (χ1) is 67.2. The van der Waals surface area contributed by atoms with Crippen molar-refractivity contribution in [2.24, 2.45) is 0 Å². The maximum atomic E-state index is 12.6. The number of amides is 7. The summed E-state index contributed by atoms with van der Waals surface area (Å²) in [6.45, 7) is 3.45. The molecule has 6 aromatic carbocycles. The van der Waals surface area contributed by atoms with Crippen LogP contribution in [0.15, 0.2) is 146 Å². The number of nitro groups is 2. The standard InChI is InChI=1S/C29H31N7O3S2.C26H24N8O6S2.C26H28N8O2S2.C10H14N6S2/c1-17-6-3-7-19(12-17)14-24(38)31-28-35-33-26(40-28)21-9-5-10-22(16-21)27-34-36-29(41-27)32-25(39)15-20-8-4-11-23(13-20)30-18(2)37;35-21(12-15-4-1-8-19(10-15)33(37)38)27-25-31-29-23(41-25)17-6-3-7-18(14-17)24-30-32-26(42-24)28-22(36)13-16-5-2-9-20(11-16)34(39)40;27-19-8-1-4-15(10-19)12-21(35)29-25-33-31-23(37-25)17-6-3-7-18(14-17)24-32-34-26(38-24)30-22(36)13-16-5-2-9-20(28)11-16;11-9-15-13-7(17-9)5-2-1-3-6(4-5)8-14-16-10(12)18-8/h3-4,6-8,11-13,21-22H,5,9-10,14-16H2,1-2H3,(H,30,37)(H,31,35,38)(H,32,36,39);1-2,4-5,8-11,17-18H,3,6-7,12-14H2,(H,27,31,35)(H,28,32,36);1-2,4-5,8-11,17-18H,3,6-7,12-14,27-28H2,(H,29,33,35)(H,30,34,36);5-6H,1-4H2,(H2,11,15)(H2,12,16)/t21-,22-;2*17-,18-;5-,6-/m0000/s1. The van der Waals surface area contributed by atoms with Gasteiger partial charge in [-0.05, 0) is 154 Å². The minimum Gasteiger partial charge on any atom is -0.399 e. The maximum Gasteiger partial charge on any atom is 0.269 e. The maximum absolute atomic E-state index is 12.6. The van der Waals surface area contributed by atoms with Crippen LogP contribution in [0.2, 0.25) is 0 Å². The van der Waals surface area contributed by atoms with Crippen molar-refractivity contribution < 1.29 is 43.4 Å². The van der Waals surface area contributed by atoms with E-state index < -0.39 is 9.85 Å². The van der Waals surface area contributed by atoms with Gasteiger partial charge in [-0.2, -0.15) is 0 Å². The number of nitrogens with zero attached hydrogens (tertiary/aromatic N) is 18. The molecule has 0 bridgehead atoms. The number of rotatable bonds is 29. The number of aryl methyl sites for hydroxylation is 1. The average Bonchev–Trinajstić information content (AvgIpc) is 1.74. The van der Waals surface area contributed by atoms with E-state index in [-0.39, 0.29) is 120 Å². The van der Waals surface area contributed by atoms with Crippen molar-refractivity contribution in [1.82, 2.24) is 81.6 Å². The predicted molar refractivity (Wildman–Crippen MR) is 538 cm³/mol. The normalized spacial score (nSPS) is 17.7. The van der Waals surface area contributed by atoms with Crippen LogP contribution in [0.25, 0.3) is 0 Å². The second-order valence-corrected chi connectivity index (χ2v) is 42.1. The quantitative estimate of drug-likeness (QED) is 0.0118. The molecule has 14 aromatic rings. The first kappa shape index (κ1) is 99.6. The highest BCUT2D eigenvalue weighted by atomic mass is 32.1. The number of nitrogens with two attached hydrogens (primary N) is 4. The van der Waals surface area contributed by atoms with E-state index in [1.807, 2.05) is 61.5 Å². The van der Waals surface area contributed by atoms with Gasteiger partial charge in [0.25, 0.3) is 11.4 Å². The Kier molecular flexibility index (Phi) is 34.3. The van der Waals surface area contributed by atoms with Crippen molar-refractivity contribution in [3.63, 3.8) is 0 Å². The molecule has 48 heteroatoms.